The number of nitrogens with one attached hydrogen (secondary N) is 2. The van der Waals surface area contributed by atoms with Crippen LogP contribution in [0.2, 0.25) is 0 Å². The second-order valence-electron chi connectivity index (χ2n) is 8.00. The van der Waals surface area contributed by atoms with Gasteiger partial charge in [-0.25, -0.2) is 10.5 Å². The minimum Gasteiger partial charge on any atom is -0.328 e. The molecule has 35 heavy (non-hydrogen) atoms. The van der Waals surface area contributed by atoms with Gasteiger partial charge < -0.3 is 9.88 Å². The first-order chi connectivity index (χ1) is 17.2. The van der Waals surface area contributed by atoms with Crippen LogP contribution in [0, 0.1) is 0 Å². The van der Waals surface area contributed by atoms with E-state index >= 15 is 0 Å². The molecule has 0 aliphatic heterocycles. The van der Waals surface area contributed by atoms with Crippen molar-refractivity contribution in [2.75, 3.05) is 5.32 Å². The van der Waals surface area contributed by atoms with Crippen LogP contribution in [-0.2, 0) is 17.9 Å². The summed E-state index contributed by atoms with van der Waals surface area (Å²) in [5, 5.41) is 17.2. The van der Waals surface area contributed by atoms with Crippen molar-refractivity contribution < 1.29 is 10.0 Å². The Bertz CT molecular complexity index is 1470. The molecule has 0 unspecified atom stereocenters. The van der Waals surface area contributed by atoms with Crippen molar-refractivity contribution in [3.63, 3.8) is 0 Å². The van der Waals surface area contributed by atoms with Crippen molar-refractivity contribution in [1.29, 1.82) is 0 Å². The summed E-state index contributed by atoms with van der Waals surface area (Å²) in [7, 11) is 0. The molecule has 0 saturated heterocycles. The second-order valence-corrected chi connectivity index (χ2v) is 8.00. The highest BCUT2D eigenvalue weighted by Crippen LogP contribution is 2.19. The highest BCUT2D eigenvalue weighted by Gasteiger charge is 2.08. The van der Waals surface area contributed by atoms with E-state index in [-0.39, 0.29) is 0 Å². The molecule has 0 spiro atoms. The standard InChI is InChI=1S/C26H23N7O2/c34-24(31-35)11-10-19-6-8-21(9-7-19)17-33-18-23(15-28-33)29-26-27-14-22-12-13-32(25(22)30-26)16-20-4-2-1-3-5-20/h1-15,18,35H,16-17H2,(H,31,34)(H,27,29,30). The number of hydroxylamine groups is 1. The molecule has 9 heteroatoms. The molecule has 5 rings (SSSR count). The van der Waals surface area contributed by atoms with Crippen LogP contribution in [0.15, 0.2) is 91.5 Å². The van der Waals surface area contributed by atoms with Crippen molar-refractivity contribution in [3.05, 3.63) is 108 Å². The summed E-state index contributed by atoms with van der Waals surface area (Å²) in [6.45, 7) is 1.32. The number of benzene rings is 2. The third kappa shape index (κ3) is 5.43. The van der Waals surface area contributed by atoms with Crippen molar-refractivity contribution in [1.82, 2.24) is 29.8 Å². The van der Waals surface area contributed by atoms with E-state index in [0.29, 0.717) is 12.5 Å². The molecule has 0 radical (unpaired) electrons. The van der Waals surface area contributed by atoms with Crippen LogP contribution in [0.5, 0.6) is 0 Å². The van der Waals surface area contributed by atoms with Crippen molar-refractivity contribution in [2.24, 2.45) is 0 Å². The summed E-state index contributed by atoms with van der Waals surface area (Å²) in [6.07, 6.45) is 10.4. The molecule has 0 aliphatic carbocycles. The van der Waals surface area contributed by atoms with Crippen LogP contribution in [0.25, 0.3) is 17.1 Å². The third-order valence-electron chi connectivity index (χ3n) is 5.45. The number of fused-ring (bicyclic) bond motifs is 1. The Kier molecular flexibility index (Phi) is 6.31. The highest BCUT2D eigenvalue weighted by molar-refractivity contribution is 5.90. The molecule has 0 bridgehead atoms. The number of carbonyl (C=O) groups is 1. The predicted molar refractivity (Wildman–Crippen MR) is 133 cm³/mol. The monoisotopic (exact) mass is 465 g/mol. The molecule has 174 valence electrons. The minimum atomic E-state index is -0.571. The Labute approximate surface area is 201 Å². The highest BCUT2D eigenvalue weighted by atomic mass is 16.5. The first kappa shape index (κ1) is 22.1. The van der Waals surface area contributed by atoms with Crippen LogP contribution in [-0.4, -0.2) is 35.4 Å². The number of hydrogen-bond donors (Lipinski definition) is 3. The lowest BCUT2D eigenvalue weighted by molar-refractivity contribution is -0.124. The van der Waals surface area contributed by atoms with Gasteiger partial charge in [0.25, 0.3) is 5.91 Å². The van der Waals surface area contributed by atoms with Crippen LogP contribution < -0.4 is 10.8 Å². The van der Waals surface area contributed by atoms with Gasteiger partial charge in [-0.1, -0.05) is 54.6 Å². The third-order valence-corrected chi connectivity index (χ3v) is 5.45. The maximum Gasteiger partial charge on any atom is 0.267 e. The van der Waals surface area contributed by atoms with Gasteiger partial charge in [0.1, 0.15) is 5.65 Å². The fourth-order valence-electron chi connectivity index (χ4n) is 3.71. The largest absolute Gasteiger partial charge is 0.328 e. The summed E-state index contributed by atoms with van der Waals surface area (Å²) in [5.74, 6) is -0.0636. The average Bonchev–Trinajstić information content (AvgIpc) is 3.50. The van der Waals surface area contributed by atoms with Gasteiger partial charge in [0, 0.05) is 36.6 Å². The van der Waals surface area contributed by atoms with Gasteiger partial charge in [0.2, 0.25) is 5.95 Å². The van der Waals surface area contributed by atoms with Crippen LogP contribution >= 0.6 is 0 Å². The van der Waals surface area contributed by atoms with Crippen LogP contribution in [0.3, 0.4) is 0 Å². The molecule has 3 heterocycles. The Morgan fingerprint density at radius 3 is 2.57 bits per heavy atom. The lowest BCUT2D eigenvalue weighted by atomic mass is 10.1. The number of nitrogens with zero attached hydrogens (tertiary/aromatic N) is 5. The quantitative estimate of drug-likeness (QED) is 0.182. The van der Waals surface area contributed by atoms with Crippen molar-refractivity contribution >= 4 is 34.7 Å². The molecule has 0 fully saturated rings. The predicted octanol–water partition coefficient (Wildman–Crippen LogP) is 3.99. The summed E-state index contributed by atoms with van der Waals surface area (Å²) in [6, 6.07) is 20.0. The van der Waals surface area contributed by atoms with Gasteiger partial charge >= 0.3 is 0 Å². The average molecular weight is 466 g/mol. The molecular formula is C26H23N7O2. The number of hydrogen-bond acceptors (Lipinski definition) is 6. The molecule has 3 N–H and O–H groups in total. The smallest absolute Gasteiger partial charge is 0.267 e. The first-order valence-electron chi connectivity index (χ1n) is 11.0. The van der Waals surface area contributed by atoms with E-state index in [1.165, 1.54) is 11.6 Å². The molecule has 0 aliphatic rings. The first-order valence-corrected chi connectivity index (χ1v) is 11.0. The van der Waals surface area contributed by atoms with E-state index in [0.717, 1.165) is 34.4 Å². The molecule has 0 saturated carbocycles. The van der Waals surface area contributed by atoms with E-state index in [4.69, 9.17) is 10.2 Å². The SMILES string of the molecule is O=C(C=Cc1ccc(Cn2cc(Nc3ncc4ccn(Cc5ccccc5)c4n3)cn2)cc1)NO. The normalized spacial score (nSPS) is 11.2. The number of aromatic nitrogens is 5. The molecule has 0 atom stereocenters. The van der Waals surface area contributed by atoms with E-state index in [2.05, 4.69) is 32.1 Å². The summed E-state index contributed by atoms with van der Waals surface area (Å²) in [5.41, 5.74) is 6.34. The Hall–Kier alpha value is -4.76. The number of carbonyl (C=O) groups excluding carboxylic acids is 1. The zero-order valence-corrected chi connectivity index (χ0v) is 18.7. The van der Waals surface area contributed by atoms with Crippen molar-refractivity contribution in [2.45, 2.75) is 13.1 Å². The summed E-state index contributed by atoms with van der Waals surface area (Å²) < 4.78 is 3.93. The van der Waals surface area contributed by atoms with E-state index in [9.17, 15) is 4.79 Å². The Morgan fingerprint density at radius 1 is 0.971 bits per heavy atom. The lowest BCUT2D eigenvalue weighted by Crippen LogP contribution is -2.14. The molecule has 5 aromatic rings. The maximum atomic E-state index is 11.1. The zero-order valence-electron chi connectivity index (χ0n) is 18.7. The fourth-order valence-corrected chi connectivity index (χ4v) is 3.71. The summed E-state index contributed by atoms with van der Waals surface area (Å²) in [4.78, 5) is 20.2. The van der Waals surface area contributed by atoms with Gasteiger partial charge in [-0.3, -0.25) is 14.7 Å². The van der Waals surface area contributed by atoms with Gasteiger partial charge in [0.15, 0.2) is 0 Å². The van der Waals surface area contributed by atoms with Gasteiger partial charge in [-0.2, -0.15) is 10.1 Å². The fraction of sp³-hybridized carbons (Fsp3) is 0.0769. The van der Waals surface area contributed by atoms with Gasteiger partial charge in [-0.15, -0.1) is 0 Å². The van der Waals surface area contributed by atoms with Gasteiger partial charge in [-0.05, 0) is 28.8 Å². The lowest BCUT2D eigenvalue weighted by Gasteiger charge is -2.06. The van der Waals surface area contributed by atoms with E-state index in [1.807, 2.05) is 71.8 Å². The molecular weight excluding hydrogens is 442 g/mol. The summed E-state index contributed by atoms with van der Waals surface area (Å²) >= 11 is 0. The topological polar surface area (TPSA) is 110 Å². The molecule has 2 aromatic carbocycles. The minimum absolute atomic E-state index is 0.508. The number of anilines is 2. The van der Waals surface area contributed by atoms with E-state index < -0.39 is 5.91 Å². The van der Waals surface area contributed by atoms with Crippen LogP contribution in [0.4, 0.5) is 11.6 Å². The van der Waals surface area contributed by atoms with Gasteiger partial charge in [0.05, 0.1) is 18.4 Å². The molecule has 9 nitrogen and oxygen atoms in total. The second kappa shape index (κ2) is 10.0. The molecule has 1 amide bonds. The maximum absolute atomic E-state index is 11.1. The van der Waals surface area contributed by atoms with Crippen LogP contribution in [0.1, 0.15) is 16.7 Å². The number of rotatable bonds is 8. The Balaban J connectivity index is 1.25. The number of amides is 1. The zero-order chi connectivity index (χ0) is 24.0. The molecule has 3 aromatic heterocycles. The van der Waals surface area contributed by atoms with E-state index in [1.54, 1.807) is 17.8 Å². The van der Waals surface area contributed by atoms with Crippen molar-refractivity contribution in [3.8, 4) is 0 Å². The Morgan fingerprint density at radius 2 is 1.77 bits per heavy atom.